The zero-order valence-corrected chi connectivity index (χ0v) is 17.2. The van der Waals surface area contributed by atoms with Gasteiger partial charge >= 0.3 is 0 Å². The summed E-state index contributed by atoms with van der Waals surface area (Å²) in [5.41, 5.74) is 2.86. The monoisotopic (exact) mass is 404 g/mol. The molecule has 0 aliphatic rings. The molecule has 0 atom stereocenters. The highest BCUT2D eigenvalue weighted by Crippen LogP contribution is 2.23. The van der Waals surface area contributed by atoms with Crippen LogP contribution < -0.4 is 5.32 Å². The van der Waals surface area contributed by atoms with Crippen molar-refractivity contribution < 1.29 is 9.90 Å². The number of hydrogen-bond acceptors (Lipinski definition) is 5. The summed E-state index contributed by atoms with van der Waals surface area (Å²) >= 11 is 0. The number of para-hydroxylation sites is 2. The summed E-state index contributed by atoms with van der Waals surface area (Å²) in [6.07, 6.45) is 5.69. The molecule has 1 amide bonds. The first-order valence-electron chi connectivity index (χ1n) is 9.74. The fourth-order valence-electron chi connectivity index (χ4n) is 3.24. The van der Waals surface area contributed by atoms with Crippen molar-refractivity contribution in [3.8, 4) is 11.3 Å². The molecule has 0 spiro atoms. The van der Waals surface area contributed by atoms with Gasteiger partial charge in [0.25, 0.3) is 5.91 Å². The van der Waals surface area contributed by atoms with Crippen LogP contribution in [-0.4, -0.2) is 40.9 Å². The molecule has 8 heteroatoms. The summed E-state index contributed by atoms with van der Waals surface area (Å²) in [7, 11) is 1.83. The van der Waals surface area contributed by atoms with Crippen LogP contribution in [0.1, 0.15) is 30.6 Å². The Morgan fingerprint density at radius 3 is 2.77 bits per heavy atom. The molecule has 8 nitrogen and oxygen atoms in total. The van der Waals surface area contributed by atoms with E-state index in [-0.39, 0.29) is 5.91 Å². The molecule has 2 N–H and O–H groups in total. The van der Waals surface area contributed by atoms with Gasteiger partial charge < -0.3 is 9.67 Å². The van der Waals surface area contributed by atoms with E-state index in [1.807, 2.05) is 42.1 Å². The average Bonchev–Trinajstić information content (AvgIpc) is 3.29. The average molecular weight is 404 g/mol. The molecule has 0 aliphatic heterocycles. The Balaban J connectivity index is 1.63. The summed E-state index contributed by atoms with van der Waals surface area (Å²) in [5, 5.41) is 17.2. The number of pyridine rings is 1. The number of hydrogen-bond donors (Lipinski definition) is 2. The summed E-state index contributed by atoms with van der Waals surface area (Å²) in [4.78, 5) is 21.9. The van der Waals surface area contributed by atoms with Gasteiger partial charge in [-0.3, -0.25) is 19.8 Å². The molecule has 154 valence electrons. The van der Waals surface area contributed by atoms with Crippen LogP contribution in [0.5, 0.6) is 0 Å². The SMILES string of the molecule is Cn1cc(-c2cc(C(=O)Nc3nc4ccccc4n3CCC(C)(C)O)ccn2)cn1. The lowest BCUT2D eigenvalue weighted by Crippen LogP contribution is -2.22. The predicted molar refractivity (Wildman–Crippen MR) is 115 cm³/mol. The molecule has 3 aromatic heterocycles. The number of fused-ring (bicyclic) bond motifs is 1. The van der Waals surface area contributed by atoms with Crippen LogP contribution >= 0.6 is 0 Å². The minimum atomic E-state index is -0.823. The molecule has 30 heavy (non-hydrogen) atoms. The lowest BCUT2D eigenvalue weighted by atomic mass is 10.1. The largest absolute Gasteiger partial charge is 0.390 e. The Kier molecular flexibility index (Phi) is 5.09. The maximum Gasteiger partial charge on any atom is 0.258 e. The number of imidazole rings is 1. The molecule has 0 saturated heterocycles. The van der Waals surface area contributed by atoms with Gasteiger partial charge in [0.15, 0.2) is 0 Å². The summed E-state index contributed by atoms with van der Waals surface area (Å²) in [6, 6.07) is 11.1. The van der Waals surface area contributed by atoms with Crippen molar-refractivity contribution in [1.82, 2.24) is 24.3 Å². The number of anilines is 1. The number of rotatable bonds is 6. The number of aryl methyl sites for hydroxylation is 2. The van der Waals surface area contributed by atoms with Crippen LogP contribution in [0.4, 0.5) is 5.95 Å². The van der Waals surface area contributed by atoms with Crippen LogP contribution in [0, 0.1) is 0 Å². The summed E-state index contributed by atoms with van der Waals surface area (Å²) in [6.45, 7) is 4.06. The van der Waals surface area contributed by atoms with Crippen molar-refractivity contribution >= 4 is 22.9 Å². The Morgan fingerprint density at radius 1 is 1.23 bits per heavy atom. The number of amides is 1. The van der Waals surface area contributed by atoms with Gasteiger partial charge in [0.1, 0.15) is 0 Å². The fraction of sp³-hybridized carbons (Fsp3) is 0.273. The number of carbonyl (C=O) groups excluding carboxylic acids is 1. The minimum absolute atomic E-state index is 0.276. The number of carbonyl (C=O) groups is 1. The molecule has 0 fully saturated rings. The number of nitrogens with one attached hydrogen (secondary N) is 1. The first-order valence-corrected chi connectivity index (χ1v) is 9.74. The second-order valence-corrected chi connectivity index (χ2v) is 7.92. The van der Waals surface area contributed by atoms with E-state index < -0.39 is 5.60 Å². The molecule has 4 rings (SSSR count). The molecule has 0 radical (unpaired) electrons. The highest BCUT2D eigenvalue weighted by molar-refractivity contribution is 6.04. The van der Waals surface area contributed by atoms with Crippen molar-refractivity contribution in [3.05, 3.63) is 60.6 Å². The van der Waals surface area contributed by atoms with E-state index in [1.54, 1.807) is 43.1 Å². The van der Waals surface area contributed by atoms with Crippen LogP contribution in [-0.2, 0) is 13.6 Å². The number of nitrogens with zero attached hydrogens (tertiary/aromatic N) is 5. The molecular weight excluding hydrogens is 380 g/mol. The Morgan fingerprint density at radius 2 is 2.03 bits per heavy atom. The molecule has 0 aliphatic carbocycles. The third-order valence-electron chi connectivity index (χ3n) is 4.85. The van der Waals surface area contributed by atoms with E-state index in [9.17, 15) is 9.90 Å². The summed E-state index contributed by atoms with van der Waals surface area (Å²) in [5.74, 6) is 0.174. The lowest BCUT2D eigenvalue weighted by molar-refractivity contribution is 0.0667. The molecule has 0 bridgehead atoms. The van der Waals surface area contributed by atoms with Crippen LogP contribution in [0.25, 0.3) is 22.3 Å². The van der Waals surface area contributed by atoms with E-state index in [4.69, 9.17) is 0 Å². The van der Waals surface area contributed by atoms with Crippen molar-refractivity contribution in [2.75, 3.05) is 5.32 Å². The van der Waals surface area contributed by atoms with E-state index in [0.717, 1.165) is 16.6 Å². The molecule has 3 heterocycles. The van der Waals surface area contributed by atoms with Gasteiger partial charge in [-0.05, 0) is 44.5 Å². The number of aromatic nitrogens is 5. The van der Waals surface area contributed by atoms with Crippen molar-refractivity contribution in [2.24, 2.45) is 7.05 Å². The molecule has 0 saturated carbocycles. The molecular formula is C22H24N6O2. The lowest BCUT2D eigenvalue weighted by Gasteiger charge is -2.18. The minimum Gasteiger partial charge on any atom is -0.390 e. The zero-order valence-electron chi connectivity index (χ0n) is 17.2. The predicted octanol–water partition coefficient (Wildman–Crippen LogP) is 3.25. The van der Waals surface area contributed by atoms with Crippen molar-refractivity contribution in [3.63, 3.8) is 0 Å². The number of benzene rings is 1. The van der Waals surface area contributed by atoms with E-state index in [1.165, 1.54) is 0 Å². The molecule has 4 aromatic rings. The van der Waals surface area contributed by atoms with Gasteiger partial charge in [0.05, 0.1) is 28.5 Å². The molecule has 1 aromatic carbocycles. The second-order valence-electron chi connectivity index (χ2n) is 7.92. The Hall–Kier alpha value is -3.52. The highest BCUT2D eigenvalue weighted by Gasteiger charge is 2.18. The van der Waals surface area contributed by atoms with E-state index >= 15 is 0 Å². The van der Waals surface area contributed by atoms with Gasteiger partial charge in [-0.15, -0.1) is 0 Å². The van der Waals surface area contributed by atoms with Crippen LogP contribution in [0.3, 0.4) is 0 Å². The van der Waals surface area contributed by atoms with Crippen molar-refractivity contribution in [2.45, 2.75) is 32.4 Å². The zero-order chi connectivity index (χ0) is 21.3. The number of aliphatic hydroxyl groups is 1. The second kappa shape index (κ2) is 7.72. The maximum absolute atomic E-state index is 13.0. The van der Waals surface area contributed by atoms with E-state index in [2.05, 4.69) is 20.4 Å². The Bertz CT molecular complexity index is 1200. The summed E-state index contributed by atoms with van der Waals surface area (Å²) < 4.78 is 3.61. The highest BCUT2D eigenvalue weighted by atomic mass is 16.3. The van der Waals surface area contributed by atoms with Crippen LogP contribution in [0.2, 0.25) is 0 Å². The van der Waals surface area contributed by atoms with Gasteiger partial charge in [-0.1, -0.05) is 12.1 Å². The smallest absolute Gasteiger partial charge is 0.258 e. The van der Waals surface area contributed by atoms with Gasteiger partial charge in [-0.2, -0.15) is 5.10 Å². The Labute approximate surface area is 174 Å². The maximum atomic E-state index is 13.0. The van der Waals surface area contributed by atoms with Crippen LogP contribution in [0.15, 0.2) is 55.0 Å². The van der Waals surface area contributed by atoms with Gasteiger partial charge in [0.2, 0.25) is 5.95 Å². The van der Waals surface area contributed by atoms with Crippen molar-refractivity contribution in [1.29, 1.82) is 0 Å². The standard InChI is InChI=1S/C22H24N6O2/c1-22(2,30)9-11-28-19-7-5-4-6-17(19)25-21(28)26-20(29)15-8-10-23-18(12-15)16-13-24-27(3)14-16/h4-8,10,12-14,30H,9,11H2,1-3H3,(H,25,26,29). The van der Waals surface area contributed by atoms with Gasteiger partial charge in [0, 0.05) is 37.1 Å². The normalized spacial score (nSPS) is 11.7. The van der Waals surface area contributed by atoms with Gasteiger partial charge in [-0.25, -0.2) is 4.98 Å². The van der Waals surface area contributed by atoms with E-state index in [0.29, 0.717) is 30.2 Å². The first kappa shape index (κ1) is 19.8. The third-order valence-corrected chi connectivity index (χ3v) is 4.85. The quantitative estimate of drug-likeness (QED) is 0.514. The fourth-order valence-corrected chi connectivity index (χ4v) is 3.24. The third kappa shape index (κ3) is 4.23. The first-order chi connectivity index (χ1) is 14.3. The molecule has 0 unspecified atom stereocenters. The topological polar surface area (TPSA) is 97.9 Å².